The molecule has 4 fully saturated rings. The molecule has 12 heteroatoms. The number of amides is 3. The van der Waals surface area contributed by atoms with Crippen LogP contribution in [-0.4, -0.2) is 88.8 Å². The minimum absolute atomic E-state index is 0.129. The maximum Gasteiger partial charge on any atom is 0.269 e. The van der Waals surface area contributed by atoms with Crippen LogP contribution in [-0.2, 0) is 16.1 Å². The van der Waals surface area contributed by atoms with Crippen molar-refractivity contribution in [3.05, 3.63) is 57.9 Å². The number of hydrogen-bond donors (Lipinski definition) is 1. The van der Waals surface area contributed by atoms with Crippen LogP contribution in [0.15, 0.2) is 36.5 Å². The average molecular weight is 588 g/mol. The lowest BCUT2D eigenvalue weighted by molar-refractivity contribution is -0.384. The van der Waals surface area contributed by atoms with E-state index in [9.17, 15) is 24.5 Å². The van der Waals surface area contributed by atoms with Crippen LogP contribution in [0.3, 0.4) is 0 Å². The monoisotopic (exact) mass is 587 g/mol. The fourth-order valence-electron chi connectivity index (χ4n) is 7.79. The van der Waals surface area contributed by atoms with E-state index in [1.807, 2.05) is 24.4 Å². The highest BCUT2D eigenvalue weighted by atomic mass is 16.6. The number of anilines is 2. The maximum atomic E-state index is 13.3. The Balaban J connectivity index is 0.924. The molecular weight excluding hydrogens is 550 g/mol. The molecule has 1 spiro atoms. The molecule has 4 saturated heterocycles. The smallest absolute Gasteiger partial charge is 0.269 e. The molecule has 0 saturated carbocycles. The SMILES string of the molecule is O=C1CCC(N2Cc3ncc(N4CCC5(CC4)CCN(C4CCN(c6ccc([N+](=O)[O-])cc6)CC4)C5)cc3C2=O)C(=O)N1. The average Bonchev–Trinajstić information content (AvgIpc) is 3.58. The van der Waals surface area contributed by atoms with Crippen LogP contribution in [0.1, 0.15) is 61.0 Å². The van der Waals surface area contributed by atoms with Gasteiger partial charge in [0, 0.05) is 63.0 Å². The molecule has 0 bridgehead atoms. The molecule has 6 heterocycles. The Kier molecular flexibility index (Phi) is 7.03. The van der Waals surface area contributed by atoms with Gasteiger partial charge in [0.05, 0.1) is 34.6 Å². The number of imide groups is 1. The van der Waals surface area contributed by atoms with E-state index < -0.39 is 11.9 Å². The largest absolute Gasteiger partial charge is 0.371 e. The van der Waals surface area contributed by atoms with Crippen molar-refractivity contribution >= 4 is 34.8 Å². The lowest BCUT2D eigenvalue weighted by Gasteiger charge is -2.42. The van der Waals surface area contributed by atoms with E-state index in [0.29, 0.717) is 35.7 Å². The molecule has 43 heavy (non-hydrogen) atoms. The number of rotatable bonds is 5. The van der Waals surface area contributed by atoms with Crippen molar-refractivity contribution in [1.82, 2.24) is 20.1 Å². The number of nitro benzene ring substituents is 1. The zero-order chi connectivity index (χ0) is 29.7. The number of carbonyl (C=O) groups excluding carboxylic acids is 3. The van der Waals surface area contributed by atoms with Crippen LogP contribution in [0.4, 0.5) is 17.1 Å². The molecule has 5 aliphatic heterocycles. The third-order valence-corrected chi connectivity index (χ3v) is 10.4. The number of hydrogen-bond acceptors (Lipinski definition) is 9. The van der Waals surface area contributed by atoms with Crippen LogP contribution in [0.5, 0.6) is 0 Å². The highest BCUT2D eigenvalue weighted by Gasteiger charge is 2.44. The van der Waals surface area contributed by atoms with E-state index in [-0.39, 0.29) is 28.8 Å². The van der Waals surface area contributed by atoms with Gasteiger partial charge in [-0.15, -0.1) is 0 Å². The van der Waals surface area contributed by atoms with Gasteiger partial charge in [-0.2, -0.15) is 0 Å². The van der Waals surface area contributed by atoms with E-state index in [1.165, 1.54) is 6.42 Å². The summed E-state index contributed by atoms with van der Waals surface area (Å²) in [6.45, 7) is 6.34. The summed E-state index contributed by atoms with van der Waals surface area (Å²) in [5, 5.41) is 13.3. The summed E-state index contributed by atoms with van der Waals surface area (Å²) in [4.78, 5) is 61.4. The van der Waals surface area contributed by atoms with E-state index in [2.05, 4.69) is 25.0 Å². The minimum atomic E-state index is -0.627. The second-order valence-corrected chi connectivity index (χ2v) is 12.8. The van der Waals surface area contributed by atoms with Gasteiger partial charge in [-0.05, 0) is 68.7 Å². The number of carbonyl (C=O) groups is 3. The second-order valence-electron chi connectivity index (χ2n) is 12.8. The second kappa shape index (κ2) is 10.9. The number of piperidine rings is 3. The van der Waals surface area contributed by atoms with Crippen LogP contribution >= 0.6 is 0 Å². The highest BCUT2D eigenvalue weighted by molar-refractivity contribution is 6.05. The first-order valence-corrected chi connectivity index (χ1v) is 15.4. The molecule has 7 rings (SSSR count). The number of nitrogens with zero attached hydrogens (tertiary/aromatic N) is 6. The summed E-state index contributed by atoms with van der Waals surface area (Å²) in [7, 11) is 0. The summed E-state index contributed by atoms with van der Waals surface area (Å²) >= 11 is 0. The van der Waals surface area contributed by atoms with E-state index >= 15 is 0 Å². The van der Waals surface area contributed by atoms with E-state index in [4.69, 9.17) is 0 Å². The Hall–Kier alpha value is -4.06. The predicted octanol–water partition coefficient (Wildman–Crippen LogP) is 2.71. The number of nitrogens with one attached hydrogen (secondary N) is 1. The van der Waals surface area contributed by atoms with Gasteiger partial charge in [-0.25, -0.2) is 0 Å². The molecule has 1 unspecified atom stereocenters. The highest BCUT2D eigenvalue weighted by Crippen LogP contribution is 2.43. The Bertz CT molecular complexity index is 1450. The number of non-ortho nitro benzene ring substituents is 1. The number of nitro groups is 1. The van der Waals surface area contributed by atoms with Gasteiger partial charge in [0.15, 0.2) is 0 Å². The van der Waals surface area contributed by atoms with Gasteiger partial charge in [0.2, 0.25) is 11.8 Å². The number of pyridine rings is 1. The van der Waals surface area contributed by atoms with Gasteiger partial charge in [-0.1, -0.05) is 0 Å². The summed E-state index contributed by atoms with van der Waals surface area (Å²) in [6, 6.07) is 8.78. The van der Waals surface area contributed by atoms with Crippen LogP contribution in [0.2, 0.25) is 0 Å². The Labute approximate surface area is 250 Å². The van der Waals surface area contributed by atoms with Gasteiger partial charge in [-0.3, -0.25) is 39.7 Å². The summed E-state index contributed by atoms with van der Waals surface area (Å²) in [6.07, 6.45) is 8.08. The molecule has 1 aromatic carbocycles. The van der Waals surface area contributed by atoms with Crippen LogP contribution in [0, 0.1) is 15.5 Å². The molecule has 1 atom stereocenters. The number of likely N-dealkylation sites (tertiary alicyclic amines) is 1. The molecule has 5 aliphatic rings. The topological polar surface area (TPSA) is 132 Å². The molecule has 1 aromatic heterocycles. The first-order chi connectivity index (χ1) is 20.8. The lowest BCUT2D eigenvalue weighted by Crippen LogP contribution is -2.52. The lowest BCUT2D eigenvalue weighted by atomic mass is 9.77. The van der Waals surface area contributed by atoms with Crippen LogP contribution in [0.25, 0.3) is 0 Å². The van der Waals surface area contributed by atoms with Crippen molar-refractivity contribution in [2.75, 3.05) is 49.1 Å². The minimum Gasteiger partial charge on any atom is -0.371 e. The third-order valence-electron chi connectivity index (χ3n) is 10.4. The first-order valence-electron chi connectivity index (χ1n) is 15.4. The third kappa shape index (κ3) is 5.21. The van der Waals surface area contributed by atoms with Crippen molar-refractivity contribution in [3.8, 4) is 0 Å². The zero-order valence-electron chi connectivity index (χ0n) is 24.2. The molecule has 0 radical (unpaired) electrons. The molecule has 12 nitrogen and oxygen atoms in total. The fraction of sp³-hybridized carbons (Fsp3) is 0.548. The normalized spacial score (nSPS) is 24.5. The van der Waals surface area contributed by atoms with Crippen molar-refractivity contribution in [1.29, 1.82) is 0 Å². The summed E-state index contributed by atoms with van der Waals surface area (Å²) < 4.78 is 0. The Morgan fingerprint density at radius 3 is 2.30 bits per heavy atom. The van der Waals surface area contributed by atoms with Gasteiger partial charge < -0.3 is 14.7 Å². The predicted molar refractivity (Wildman–Crippen MR) is 159 cm³/mol. The number of fused-ring (bicyclic) bond motifs is 1. The quantitative estimate of drug-likeness (QED) is 0.319. The summed E-state index contributed by atoms with van der Waals surface area (Å²) in [5.41, 5.74) is 3.73. The molecule has 2 aromatic rings. The maximum absolute atomic E-state index is 13.3. The van der Waals surface area contributed by atoms with Crippen molar-refractivity contribution in [2.45, 2.75) is 63.6 Å². The van der Waals surface area contributed by atoms with Gasteiger partial charge in [0.25, 0.3) is 11.6 Å². The van der Waals surface area contributed by atoms with Crippen molar-refractivity contribution in [3.63, 3.8) is 0 Å². The number of aromatic nitrogens is 1. The molecule has 0 aliphatic carbocycles. The van der Waals surface area contributed by atoms with Crippen LogP contribution < -0.4 is 15.1 Å². The molecular formula is C31H37N7O5. The van der Waals surface area contributed by atoms with Crippen molar-refractivity contribution in [2.24, 2.45) is 5.41 Å². The Morgan fingerprint density at radius 1 is 0.907 bits per heavy atom. The van der Waals surface area contributed by atoms with Gasteiger partial charge >= 0.3 is 0 Å². The summed E-state index contributed by atoms with van der Waals surface area (Å²) in [5.74, 6) is -0.873. The first kappa shape index (κ1) is 27.8. The molecule has 3 amide bonds. The zero-order valence-corrected chi connectivity index (χ0v) is 24.2. The molecule has 1 N–H and O–H groups in total. The molecule has 226 valence electrons. The fourth-order valence-corrected chi connectivity index (χ4v) is 7.79. The Morgan fingerprint density at radius 2 is 1.60 bits per heavy atom. The van der Waals surface area contributed by atoms with E-state index in [1.54, 1.807) is 17.0 Å². The number of benzene rings is 1. The van der Waals surface area contributed by atoms with Crippen molar-refractivity contribution < 1.29 is 19.3 Å². The van der Waals surface area contributed by atoms with E-state index in [0.717, 1.165) is 76.3 Å². The standard InChI is InChI=1S/C31H37N7O5/c39-28-6-5-27(29(40)33-28)37-19-26-25(30(37)41)17-24(18-32-26)35-14-9-31(10-15-35)11-16-36(20-31)22-7-12-34(13-8-22)21-1-3-23(4-2-21)38(42)43/h1-4,17-18,22,27H,5-16,19-20H2,(H,33,39,40). The van der Waals surface area contributed by atoms with Gasteiger partial charge in [0.1, 0.15) is 6.04 Å².